The van der Waals surface area contributed by atoms with Gasteiger partial charge in [0.15, 0.2) is 0 Å². The maximum absolute atomic E-state index is 4.30. The van der Waals surface area contributed by atoms with Crippen molar-refractivity contribution in [1.82, 2.24) is 30.1 Å². The smallest absolute Gasteiger partial charge is 0.0965 e. The Morgan fingerprint density at radius 3 is 2.82 bits per heavy atom. The van der Waals surface area contributed by atoms with E-state index >= 15 is 0 Å². The van der Waals surface area contributed by atoms with Crippen LogP contribution < -0.4 is 5.32 Å². The Morgan fingerprint density at radius 2 is 2.18 bits per heavy atom. The number of hydrogen-bond acceptors (Lipinski definition) is 4. The zero-order valence-corrected chi connectivity index (χ0v) is 10.5. The molecule has 0 aliphatic rings. The van der Waals surface area contributed by atoms with Gasteiger partial charge >= 0.3 is 0 Å². The van der Waals surface area contributed by atoms with Gasteiger partial charge in [-0.1, -0.05) is 19.1 Å². The highest BCUT2D eigenvalue weighted by atomic mass is 15.4. The van der Waals surface area contributed by atoms with Crippen molar-refractivity contribution in [3.8, 4) is 0 Å². The highest BCUT2D eigenvalue weighted by molar-refractivity contribution is 5.00. The molecule has 0 aromatic carbocycles. The van der Waals surface area contributed by atoms with Gasteiger partial charge in [-0.05, 0) is 6.07 Å². The third-order valence-corrected chi connectivity index (χ3v) is 2.37. The molecule has 0 spiro atoms. The summed E-state index contributed by atoms with van der Waals surface area (Å²) < 4.78 is 3.59. The lowest BCUT2D eigenvalue weighted by molar-refractivity contribution is 0.580. The number of aryl methyl sites for hydroxylation is 1. The molecule has 2 aromatic heterocycles. The normalized spacial score (nSPS) is 11.3. The van der Waals surface area contributed by atoms with Gasteiger partial charge in [0.1, 0.15) is 0 Å². The minimum absolute atomic E-state index is 0.455. The monoisotopic (exact) mass is 234 g/mol. The molecule has 0 fully saturated rings. The molecule has 0 unspecified atom stereocenters. The number of hydrogen-bond donors (Lipinski definition) is 1. The lowest BCUT2D eigenvalue weighted by Crippen LogP contribution is -2.21. The fourth-order valence-electron chi connectivity index (χ4n) is 1.52. The molecule has 2 rings (SSSR count). The molecule has 6 nitrogen and oxygen atoms in total. The average molecular weight is 234 g/mol. The van der Waals surface area contributed by atoms with Gasteiger partial charge in [0.05, 0.1) is 24.1 Å². The number of nitrogens with one attached hydrogen (secondary N) is 1. The van der Waals surface area contributed by atoms with Crippen LogP contribution in [0.5, 0.6) is 0 Å². The molecule has 17 heavy (non-hydrogen) atoms. The molecule has 0 aliphatic heterocycles. The van der Waals surface area contributed by atoms with E-state index in [9.17, 15) is 0 Å². The Labute approximate surface area is 101 Å². The molecule has 0 atom stereocenters. The highest BCUT2D eigenvalue weighted by Gasteiger charge is 2.03. The Balaban J connectivity index is 1.94. The number of rotatable bonds is 5. The second-order valence-electron chi connectivity index (χ2n) is 4.42. The van der Waals surface area contributed by atoms with Crippen molar-refractivity contribution in [1.29, 1.82) is 0 Å². The van der Waals surface area contributed by atoms with Gasteiger partial charge in [-0.2, -0.15) is 5.10 Å². The maximum atomic E-state index is 4.30. The Morgan fingerprint density at radius 1 is 1.35 bits per heavy atom. The second-order valence-corrected chi connectivity index (χ2v) is 4.42. The van der Waals surface area contributed by atoms with Crippen molar-refractivity contribution in [2.45, 2.75) is 33.0 Å². The van der Waals surface area contributed by atoms with E-state index < -0.39 is 0 Å². The van der Waals surface area contributed by atoms with Crippen LogP contribution >= 0.6 is 0 Å². The number of aromatic nitrogens is 5. The Kier molecular flexibility index (Phi) is 3.53. The first-order valence-corrected chi connectivity index (χ1v) is 5.74. The fraction of sp³-hybridized carbons (Fsp3) is 0.545. The van der Waals surface area contributed by atoms with E-state index in [0.717, 1.165) is 17.9 Å². The topological polar surface area (TPSA) is 60.6 Å². The predicted octanol–water partition coefficient (Wildman–Crippen LogP) is 0.558. The zero-order valence-electron chi connectivity index (χ0n) is 10.5. The molecular formula is C11H18N6. The summed E-state index contributed by atoms with van der Waals surface area (Å²) in [5, 5.41) is 15.8. The lowest BCUT2D eigenvalue weighted by atomic mass is 10.3. The summed E-state index contributed by atoms with van der Waals surface area (Å²) in [6, 6.07) is 2.43. The molecule has 92 valence electrons. The Hall–Kier alpha value is -1.69. The fourth-order valence-corrected chi connectivity index (χ4v) is 1.52. The molecule has 2 heterocycles. The Bertz CT molecular complexity index is 470. The molecule has 0 bridgehead atoms. The van der Waals surface area contributed by atoms with Crippen LogP contribution in [-0.4, -0.2) is 30.8 Å². The van der Waals surface area contributed by atoms with E-state index in [1.807, 2.05) is 25.5 Å². The molecule has 0 aliphatic carbocycles. The van der Waals surface area contributed by atoms with Gasteiger partial charge in [-0.25, -0.2) is 4.68 Å². The van der Waals surface area contributed by atoms with Crippen LogP contribution in [0.1, 0.15) is 25.2 Å². The van der Waals surface area contributed by atoms with Gasteiger partial charge in [0, 0.05) is 25.8 Å². The SMILES string of the molecule is CC(C)NCc1cn(Cc2ccn(C)n2)nn1. The zero-order chi connectivity index (χ0) is 12.3. The van der Waals surface area contributed by atoms with Crippen LogP contribution in [0.4, 0.5) is 0 Å². The standard InChI is InChI=1S/C11H18N6/c1-9(2)12-6-11-8-17(15-13-11)7-10-4-5-16(3)14-10/h4-5,8-9,12H,6-7H2,1-3H3. The molecule has 1 N–H and O–H groups in total. The summed E-state index contributed by atoms with van der Waals surface area (Å²) >= 11 is 0. The summed E-state index contributed by atoms with van der Waals surface area (Å²) in [6.45, 7) is 5.63. The van der Waals surface area contributed by atoms with E-state index in [0.29, 0.717) is 12.6 Å². The van der Waals surface area contributed by atoms with E-state index in [-0.39, 0.29) is 0 Å². The second kappa shape index (κ2) is 5.09. The summed E-state index contributed by atoms with van der Waals surface area (Å²) in [5.41, 5.74) is 1.94. The minimum atomic E-state index is 0.455. The van der Waals surface area contributed by atoms with Crippen molar-refractivity contribution < 1.29 is 0 Å². The van der Waals surface area contributed by atoms with Gasteiger partial charge in [0.2, 0.25) is 0 Å². The first kappa shape index (κ1) is 11.8. The van der Waals surface area contributed by atoms with Crippen LogP contribution in [0, 0.1) is 0 Å². The summed E-state index contributed by atoms with van der Waals surface area (Å²) in [7, 11) is 1.91. The summed E-state index contributed by atoms with van der Waals surface area (Å²) in [4.78, 5) is 0. The van der Waals surface area contributed by atoms with E-state index in [1.54, 1.807) is 9.36 Å². The van der Waals surface area contributed by atoms with E-state index in [4.69, 9.17) is 0 Å². The van der Waals surface area contributed by atoms with Crippen molar-refractivity contribution in [3.63, 3.8) is 0 Å². The van der Waals surface area contributed by atoms with Crippen molar-refractivity contribution in [2.75, 3.05) is 0 Å². The van der Waals surface area contributed by atoms with Crippen LogP contribution in [0.2, 0.25) is 0 Å². The van der Waals surface area contributed by atoms with Gasteiger partial charge in [-0.3, -0.25) is 4.68 Å². The molecule has 0 saturated heterocycles. The van der Waals surface area contributed by atoms with Crippen LogP contribution in [-0.2, 0) is 20.1 Å². The summed E-state index contributed by atoms with van der Waals surface area (Å²) in [5.74, 6) is 0. The van der Waals surface area contributed by atoms with E-state index in [1.165, 1.54) is 0 Å². The van der Waals surface area contributed by atoms with Gasteiger partial charge in [-0.15, -0.1) is 5.10 Å². The quantitative estimate of drug-likeness (QED) is 0.821. The van der Waals surface area contributed by atoms with Crippen molar-refractivity contribution >= 4 is 0 Å². The first-order valence-electron chi connectivity index (χ1n) is 5.74. The molecular weight excluding hydrogens is 216 g/mol. The van der Waals surface area contributed by atoms with Gasteiger partial charge in [0.25, 0.3) is 0 Å². The molecule has 2 aromatic rings. The largest absolute Gasteiger partial charge is 0.309 e. The van der Waals surface area contributed by atoms with E-state index in [2.05, 4.69) is 34.6 Å². The van der Waals surface area contributed by atoms with Crippen molar-refractivity contribution in [2.24, 2.45) is 7.05 Å². The average Bonchev–Trinajstić information content (AvgIpc) is 2.86. The van der Waals surface area contributed by atoms with Crippen LogP contribution in [0.15, 0.2) is 18.5 Å². The van der Waals surface area contributed by atoms with Crippen LogP contribution in [0.3, 0.4) is 0 Å². The van der Waals surface area contributed by atoms with Crippen LogP contribution in [0.25, 0.3) is 0 Å². The third kappa shape index (κ3) is 3.39. The lowest BCUT2D eigenvalue weighted by Gasteiger charge is -2.04. The predicted molar refractivity (Wildman–Crippen MR) is 64.3 cm³/mol. The highest BCUT2D eigenvalue weighted by Crippen LogP contribution is 1.99. The summed E-state index contributed by atoms with van der Waals surface area (Å²) in [6.07, 6.45) is 3.87. The number of nitrogens with zero attached hydrogens (tertiary/aromatic N) is 5. The minimum Gasteiger partial charge on any atom is -0.309 e. The molecule has 0 saturated carbocycles. The van der Waals surface area contributed by atoms with Gasteiger partial charge < -0.3 is 5.32 Å². The molecule has 0 radical (unpaired) electrons. The van der Waals surface area contributed by atoms with Crippen molar-refractivity contribution in [3.05, 3.63) is 29.8 Å². The first-order chi connectivity index (χ1) is 8.13. The third-order valence-electron chi connectivity index (χ3n) is 2.37. The molecule has 6 heteroatoms. The maximum Gasteiger partial charge on any atom is 0.0965 e. The molecule has 0 amide bonds.